The largest absolute Gasteiger partial charge is 0.391 e. The van der Waals surface area contributed by atoms with Crippen LogP contribution in [0, 0.1) is 0 Å². The van der Waals surface area contributed by atoms with E-state index in [1.54, 1.807) is 0 Å². The molecular formula is C32H36N2O. The fourth-order valence-electron chi connectivity index (χ4n) is 4.76. The Bertz CT molecular complexity index is 1060. The van der Waals surface area contributed by atoms with Gasteiger partial charge in [0.05, 0.1) is 6.10 Å². The molecule has 0 heterocycles. The van der Waals surface area contributed by atoms with Gasteiger partial charge in [0.15, 0.2) is 0 Å². The van der Waals surface area contributed by atoms with Crippen molar-refractivity contribution in [2.75, 3.05) is 0 Å². The molecule has 4 aromatic rings. The van der Waals surface area contributed by atoms with Gasteiger partial charge in [-0.3, -0.25) is 4.90 Å². The van der Waals surface area contributed by atoms with Crippen LogP contribution in [0.15, 0.2) is 121 Å². The van der Waals surface area contributed by atoms with E-state index in [4.69, 9.17) is 5.73 Å². The SMILES string of the molecule is N[C@@H](Cc1ccccc1)C[C@H](O)C(Cc1ccccc1)N(Cc1ccccc1)Cc1ccccc1. The van der Waals surface area contributed by atoms with Gasteiger partial charge in [0.25, 0.3) is 0 Å². The second-order valence-electron chi connectivity index (χ2n) is 9.39. The third kappa shape index (κ3) is 7.90. The molecule has 0 amide bonds. The van der Waals surface area contributed by atoms with Crippen molar-refractivity contribution in [2.24, 2.45) is 5.73 Å². The quantitative estimate of drug-likeness (QED) is 0.286. The molecule has 3 nitrogen and oxygen atoms in total. The van der Waals surface area contributed by atoms with E-state index < -0.39 is 6.10 Å². The molecule has 0 bridgehead atoms. The summed E-state index contributed by atoms with van der Waals surface area (Å²) >= 11 is 0. The average Bonchev–Trinajstić information content (AvgIpc) is 2.89. The minimum atomic E-state index is -0.554. The van der Waals surface area contributed by atoms with Gasteiger partial charge in [-0.25, -0.2) is 0 Å². The molecule has 3 heteroatoms. The first kappa shape index (κ1) is 24.9. The van der Waals surface area contributed by atoms with Gasteiger partial charge < -0.3 is 10.8 Å². The minimum absolute atomic E-state index is 0.0698. The standard InChI is InChI=1S/C32H36N2O/c33-30(21-26-13-5-1-6-14-26)23-32(35)31(22-27-15-7-2-8-16-27)34(24-28-17-9-3-10-18-28)25-29-19-11-4-12-20-29/h1-20,30-32,35H,21-25,33H2/t30-,31?,32-/m0/s1. The molecule has 0 aromatic heterocycles. The molecular weight excluding hydrogens is 428 g/mol. The highest BCUT2D eigenvalue weighted by Gasteiger charge is 2.28. The number of aliphatic hydroxyl groups excluding tert-OH is 1. The molecule has 4 rings (SSSR count). The van der Waals surface area contributed by atoms with Crippen LogP contribution >= 0.6 is 0 Å². The van der Waals surface area contributed by atoms with E-state index in [-0.39, 0.29) is 12.1 Å². The van der Waals surface area contributed by atoms with Crippen LogP contribution < -0.4 is 5.73 Å². The molecule has 0 saturated heterocycles. The maximum absolute atomic E-state index is 11.6. The van der Waals surface area contributed by atoms with E-state index in [1.165, 1.54) is 22.3 Å². The summed E-state index contributed by atoms with van der Waals surface area (Å²) in [5, 5.41) is 11.6. The third-order valence-electron chi connectivity index (χ3n) is 6.54. The number of nitrogens with zero attached hydrogens (tertiary/aromatic N) is 1. The molecule has 0 aliphatic rings. The number of rotatable bonds is 12. The fourth-order valence-corrected chi connectivity index (χ4v) is 4.76. The van der Waals surface area contributed by atoms with Gasteiger partial charge in [-0.2, -0.15) is 0 Å². The molecule has 180 valence electrons. The zero-order chi connectivity index (χ0) is 24.3. The first-order valence-electron chi connectivity index (χ1n) is 12.5. The summed E-state index contributed by atoms with van der Waals surface area (Å²) in [6.45, 7) is 1.52. The van der Waals surface area contributed by atoms with Gasteiger partial charge in [-0.1, -0.05) is 121 Å². The summed E-state index contributed by atoms with van der Waals surface area (Å²) in [6, 6.07) is 41.6. The third-order valence-corrected chi connectivity index (χ3v) is 6.54. The normalized spacial score (nSPS) is 13.9. The Morgan fingerprint density at radius 3 is 1.34 bits per heavy atom. The predicted molar refractivity (Wildman–Crippen MR) is 145 cm³/mol. The summed E-state index contributed by atoms with van der Waals surface area (Å²) in [4.78, 5) is 2.41. The van der Waals surface area contributed by atoms with Crippen molar-refractivity contribution in [3.05, 3.63) is 144 Å². The smallest absolute Gasteiger partial charge is 0.0713 e. The van der Waals surface area contributed by atoms with Crippen molar-refractivity contribution in [3.8, 4) is 0 Å². The molecule has 0 saturated carbocycles. The minimum Gasteiger partial charge on any atom is -0.391 e. The lowest BCUT2D eigenvalue weighted by atomic mass is 9.92. The zero-order valence-corrected chi connectivity index (χ0v) is 20.3. The second-order valence-corrected chi connectivity index (χ2v) is 9.39. The highest BCUT2D eigenvalue weighted by atomic mass is 16.3. The Kier molecular flexibility index (Phi) is 9.24. The van der Waals surface area contributed by atoms with Crippen LogP contribution in [0.2, 0.25) is 0 Å². The fraction of sp³-hybridized carbons (Fsp3) is 0.250. The van der Waals surface area contributed by atoms with Gasteiger partial charge in [-0.15, -0.1) is 0 Å². The van der Waals surface area contributed by atoms with Crippen molar-refractivity contribution >= 4 is 0 Å². The Hall–Kier alpha value is -3.24. The van der Waals surface area contributed by atoms with Crippen LogP contribution in [0.1, 0.15) is 28.7 Å². The van der Waals surface area contributed by atoms with E-state index in [0.717, 1.165) is 25.9 Å². The monoisotopic (exact) mass is 464 g/mol. The van der Waals surface area contributed by atoms with Crippen molar-refractivity contribution in [2.45, 2.75) is 50.5 Å². The van der Waals surface area contributed by atoms with Gasteiger partial charge in [-0.05, 0) is 41.5 Å². The Morgan fingerprint density at radius 1 is 0.543 bits per heavy atom. The van der Waals surface area contributed by atoms with E-state index >= 15 is 0 Å². The molecule has 0 spiro atoms. The lowest BCUT2D eigenvalue weighted by Gasteiger charge is -2.36. The predicted octanol–water partition coefficient (Wildman–Crippen LogP) is 5.62. The van der Waals surface area contributed by atoms with Crippen molar-refractivity contribution in [3.63, 3.8) is 0 Å². The van der Waals surface area contributed by atoms with E-state index in [9.17, 15) is 5.11 Å². The lowest BCUT2D eigenvalue weighted by Crippen LogP contribution is -2.46. The van der Waals surface area contributed by atoms with Crippen molar-refractivity contribution < 1.29 is 5.11 Å². The molecule has 1 unspecified atom stereocenters. The van der Waals surface area contributed by atoms with Crippen LogP contribution in [-0.2, 0) is 25.9 Å². The van der Waals surface area contributed by atoms with Crippen molar-refractivity contribution in [1.29, 1.82) is 0 Å². The van der Waals surface area contributed by atoms with E-state index in [2.05, 4.69) is 89.8 Å². The molecule has 0 fully saturated rings. The molecule has 0 radical (unpaired) electrons. The van der Waals surface area contributed by atoms with Gasteiger partial charge in [0.2, 0.25) is 0 Å². The molecule has 35 heavy (non-hydrogen) atoms. The Balaban J connectivity index is 1.58. The maximum Gasteiger partial charge on any atom is 0.0713 e. The molecule has 3 atom stereocenters. The van der Waals surface area contributed by atoms with Gasteiger partial charge in [0.1, 0.15) is 0 Å². The Labute approximate surface area is 209 Å². The van der Waals surface area contributed by atoms with Crippen LogP contribution in [-0.4, -0.2) is 28.2 Å². The number of hydrogen-bond donors (Lipinski definition) is 2. The summed E-state index contributed by atoms with van der Waals surface area (Å²) in [7, 11) is 0. The average molecular weight is 465 g/mol. The molecule has 3 N–H and O–H groups in total. The number of nitrogens with two attached hydrogens (primary N) is 1. The zero-order valence-electron chi connectivity index (χ0n) is 20.3. The number of hydrogen-bond acceptors (Lipinski definition) is 3. The van der Waals surface area contributed by atoms with Crippen LogP contribution in [0.3, 0.4) is 0 Å². The van der Waals surface area contributed by atoms with Crippen molar-refractivity contribution in [1.82, 2.24) is 4.90 Å². The highest BCUT2D eigenvalue weighted by molar-refractivity contribution is 5.20. The van der Waals surface area contributed by atoms with Crippen LogP contribution in [0.4, 0.5) is 0 Å². The number of aliphatic hydroxyl groups is 1. The first-order valence-corrected chi connectivity index (χ1v) is 12.5. The van der Waals surface area contributed by atoms with E-state index in [1.807, 2.05) is 36.4 Å². The molecule has 0 aliphatic heterocycles. The van der Waals surface area contributed by atoms with Crippen LogP contribution in [0.5, 0.6) is 0 Å². The summed E-state index contributed by atoms with van der Waals surface area (Å²) in [5.41, 5.74) is 11.5. The van der Waals surface area contributed by atoms with Crippen LogP contribution in [0.25, 0.3) is 0 Å². The summed E-state index contributed by atoms with van der Waals surface area (Å²) in [5.74, 6) is 0. The summed E-state index contributed by atoms with van der Waals surface area (Å²) in [6.07, 6.45) is 1.51. The van der Waals surface area contributed by atoms with E-state index in [0.29, 0.717) is 6.42 Å². The Morgan fingerprint density at radius 2 is 0.914 bits per heavy atom. The summed E-state index contributed by atoms with van der Waals surface area (Å²) < 4.78 is 0. The first-order chi connectivity index (χ1) is 17.2. The lowest BCUT2D eigenvalue weighted by molar-refractivity contribution is 0.0301. The highest BCUT2D eigenvalue weighted by Crippen LogP contribution is 2.22. The second kappa shape index (κ2) is 13.0. The molecule has 0 aliphatic carbocycles. The van der Waals surface area contributed by atoms with Gasteiger partial charge in [0, 0.05) is 25.2 Å². The van der Waals surface area contributed by atoms with Gasteiger partial charge >= 0.3 is 0 Å². The molecule has 4 aromatic carbocycles. The number of benzene rings is 4. The maximum atomic E-state index is 11.6. The topological polar surface area (TPSA) is 49.5 Å².